The van der Waals surface area contributed by atoms with Gasteiger partial charge >= 0.3 is 0 Å². The van der Waals surface area contributed by atoms with Gasteiger partial charge in [0.2, 0.25) is 0 Å². The molecule has 17 heavy (non-hydrogen) atoms. The number of hydrogen-bond acceptors (Lipinski definition) is 3. The van der Waals surface area contributed by atoms with E-state index in [1.165, 1.54) is 5.56 Å². The van der Waals surface area contributed by atoms with Gasteiger partial charge in [0.05, 0.1) is 0 Å². The first-order valence-electron chi connectivity index (χ1n) is 5.46. The summed E-state index contributed by atoms with van der Waals surface area (Å²) in [7, 11) is 0. The molecule has 0 fully saturated rings. The van der Waals surface area contributed by atoms with Crippen molar-refractivity contribution in [2.75, 3.05) is 0 Å². The lowest BCUT2D eigenvalue weighted by atomic mass is 10.1. The fraction of sp³-hybridized carbons (Fsp3) is 0.333. The van der Waals surface area contributed by atoms with E-state index in [9.17, 15) is 5.11 Å². The summed E-state index contributed by atoms with van der Waals surface area (Å²) in [6.45, 7) is 4.69. The SMILES string of the molecule is CCn1c(CO)nnc1-c1cc(C)ccc1Br. The van der Waals surface area contributed by atoms with Crippen LogP contribution in [0.25, 0.3) is 11.4 Å². The number of halogens is 1. The molecule has 2 aromatic rings. The molecule has 0 saturated heterocycles. The van der Waals surface area contributed by atoms with Crippen molar-refractivity contribution < 1.29 is 5.11 Å². The summed E-state index contributed by atoms with van der Waals surface area (Å²) >= 11 is 3.52. The van der Waals surface area contributed by atoms with E-state index in [-0.39, 0.29) is 6.61 Å². The Labute approximate surface area is 108 Å². The van der Waals surface area contributed by atoms with Crippen LogP contribution >= 0.6 is 15.9 Å². The smallest absolute Gasteiger partial charge is 0.165 e. The van der Waals surface area contributed by atoms with Gasteiger partial charge in [0.25, 0.3) is 0 Å². The number of rotatable bonds is 3. The molecule has 2 rings (SSSR count). The number of hydrogen-bond donors (Lipinski definition) is 1. The van der Waals surface area contributed by atoms with Crippen molar-refractivity contribution in [2.45, 2.75) is 27.0 Å². The molecule has 0 radical (unpaired) electrons. The molecule has 0 unspecified atom stereocenters. The molecular formula is C12H14BrN3O. The Hall–Kier alpha value is -1.20. The first-order chi connectivity index (χ1) is 8.17. The fourth-order valence-corrected chi connectivity index (χ4v) is 2.22. The highest BCUT2D eigenvalue weighted by Gasteiger charge is 2.14. The van der Waals surface area contributed by atoms with Crippen LogP contribution in [-0.2, 0) is 13.2 Å². The van der Waals surface area contributed by atoms with Crippen LogP contribution in [0, 0.1) is 6.92 Å². The van der Waals surface area contributed by atoms with Crippen LogP contribution in [0.5, 0.6) is 0 Å². The summed E-state index contributed by atoms with van der Waals surface area (Å²) < 4.78 is 2.90. The van der Waals surface area contributed by atoms with Gasteiger partial charge in [-0.15, -0.1) is 10.2 Å². The highest BCUT2D eigenvalue weighted by molar-refractivity contribution is 9.10. The van der Waals surface area contributed by atoms with Crippen LogP contribution in [0.15, 0.2) is 22.7 Å². The molecule has 1 aromatic carbocycles. The third kappa shape index (κ3) is 2.25. The normalized spacial score (nSPS) is 10.8. The Balaban J connectivity index is 2.59. The third-order valence-electron chi connectivity index (χ3n) is 2.65. The van der Waals surface area contributed by atoms with Gasteiger partial charge < -0.3 is 9.67 Å². The Bertz CT molecular complexity index is 537. The van der Waals surface area contributed by atoms with Crippen LogP contribution in [0.3, 0.4) is 0 Å². The summed E-state index contributed by atoms with van der Waals surface area (Å²) in [5.74, 6) is 1.38. The van der Waals surface area contributed by atoms with E-state index in [4.69, 9.17) is 0 Å². The lowest BCUT2D eigenvalue weighted by Crippen LogP contribution is -2.03. The first kappa shape index (κ1) is 12.3. The predicted octanol–water partition coefficient (Wildman–Crippen LogP) is 2.53. The Morgan fingerprint density at radius 3 is 2.76 bits per heavy atom. The zero-order valence-corrected chi connectivity index (χ0v) is 11.4. The van der Waals surface area contributed by atoms with E-state index in [1.54, 1.807) is 0 Å². The van der Waals surface area contributed by atoms with E-state index in [1.807, 2.05) is 30.5 Å². The molecule has 0 bridgehead atoms. The van der Waals surface area contributed by atoms with Crippen molar-refractivity contribution in [1.29, 1.82) is 0 Å². The van der Waals surface area contributed by atoms with Gasteiger partial charge in [0.1, 0.15) is 6.61 Å². The van der Waals surface area contributed by atoms with Gasteiger partial charge in [0.15, 0.2) is 11.6 Å². The molecule has 0 spiro atoms. The summed E-state index contributed by atoms with van der Waals surface area (Å²) in [6.07, 6.45) is 0. The highest BCUT2D eigenvalue weighted by atomic mass is 79.9. The van der Waals surface area contributed by atoms with Crippen molar-refractivity contribution in [1.82, 2.24) is 14.8 Å². The number of aliphatic hydroxyl groups is 1. The topological polar surface area (TPSA) is 50.9 Å². The number of aliphatic hydroxyl groups excluding tert-OH is 1. The quantitative estimate of drug-likeness (QED) is 0.947. The largest absolute Gasteiger partial charge is 0.388 e. The monoisotopic (exact) mass is 295 g/mol. The van der Waals surface area contributed by atoms with Gasteiger partial charge in [-0.05, 0) is 26.0 Å². The molecule has 0 aliphatic carbocycles. The molecule has 0 aliphatic rings. The molecule has 1 heterocycles. The minimum atomic E-state index is -0.0930. The molecule has 1 aromatic heterocycles. The third-order valence-corrected chi connectivity index (χ3v) is 3.34. The number of aryl methyl sites for hydroxylation is 1. The van der Waals surface area contributed by atoms with Crippen LogP contribution in [0.4, 0.5) is 0 Å². The zero-order chi connectivity index (χ0) is 12.4. The standard InChI is InChI=1S/C12H14BrN3O/c1-3-16-11(7-17)14-15-12(16)9-6-8(2)4-5-10(9)13/h4-6,17H,3,7H2,1-2H3. The van der Waals surface area contributed by atoms with Gasteiger partial charge in [-0.25, -0.2) is 0 Å². The summed E-state index contributed by atoms with van der Waals surface area (Å²) in [5, 5.41) is 17.3. The van der Waals surface area contributed by atoms with Gasteiger partial charge in [-0.2, -0.15) is 0 Å². The fourth-order valence-electron chi connectivity index (χ4n) is 1.79. The van der Waals surface area contributed by atoms with Crippen LogP contribution in [0.2, 0.25) is 0 Å². The van der Waals surface area contributed by atoms with Crippen molar-refractivity contribution in [3.8, 4) is 11.4 Å². The number of aromatic nitrogens is 3. The maximum atomic E-state index is 9.20. The average Bonchev–Trinajstić information content (AvgIpc) is 2.74. The second-order valence-electron chi connectivity index (χ2n) is 3.83. The Morgan fingerprint density at radius 2 is 2.12 bits per heavy atom. The van der Waals surface area contributed by atoms with Crippen molar-refractivity contribution in [3.05, 3.63) is 34.1 Å². The molecule has 0 saturated carbocycles. The minimum absolute atomic E-state index is 0.0930. The zero-order valence-electron chi connectivity index (χ0n) is 9.81. The molecule has 1 N–H and O–H groups in total. The lowest BCUT2D eigenvalue weighted by Gasteiger charge is -2.08. The Morgan fingerprint density at radius 1 is 1.35 bits per heavy atom. The highest BCUT2D eigenvalue weighted by Crippen LogP contribution is 2.28. The van der Waals surface area contributed by atoms with Crippen molar-refractivity contribution in [2.24, 2.45) is 0 Å². The second-order valence-corrected chi connectivity index (χ2v) is 4.68. The van der Waals surface area contributed by atoms with Gasteiger partial charge in [-0.1, -0.05) is 27.6 Å². The van der Waals surface area contributed by atoms with E-state index >= 15 is 0 Å². The van der Waals surface area contributed by atoms with E-state index in [2.05, 4.69) is 32.2 Å². The summed E-state index contributed by atoms with van der Waals surface area (Å²) in [4.78, 5) is 0. The molecule has 4 nitrogen and oxygen atoms in total. The van der Waals surface area contributed by atoms with Crippen molar-refractivity contribution >= 4 is 15.9 Å². The number of nitrogens with zero attached hydrogens (tertiary/aromatic N) is 3. The predicted molar refractivity (Wildman–Crippen MR) is 69.5 cm³/mol. The summed E-state index contributed by atoms with van der Waals surface area (Å²) in [6, 6.07) is 6.09. The van der Waals surface area contributed by atoms with Crippen LogP contribution in [0.1, 0.15) is 18.3 Å². The molecule has 5 heteroatoms. The van der Waals surface area contributed by atoms with E-state index in [0.29, 0.717) is 5.82 Å². The summed E-state index contributed by atoms with van der Waals surface area (Å²) in [5.41, 5.74) is 2.17. The van der Waals surface area contributed by atoms with Crippen molar-refractivity contribution in [3.63, 3.8) is 0 Å². The average molecular weight is 296 g/mol. The molecular weight excluding hydrogens is 282 g/mol. The van der Waals surface area contributed by atoms with Gasteiger partial charge in [-0.3, -0.25) is 0 Å². The molecule has 0 aliphatic heterocycles. The van der Waals surface area contributed by atoms with E-state index < -0.39 is 0 Å². The van der Waals surface area contributed by atoms with Gasteiger partial charge in [0, 0.05) is 16.6 Å². The lowest BCUT2D eigenvalue weighted by molar-refractivity contribution is 0.265. The molecule has 0 amide bonds. The van der Waals surface area contributed by atoms with Crippen LogP contribution < -0.4 is 0 Å². The van der Waals surface area contributed by atoms with E-state index in [0.717, 1.165) is 22.4 Å². The Kier molecular flexibility index (Phi) is 3.59. The minimum Gasteiger partial charge on any atom is -0.388 e. The molecule has 0 atom stereocenters. The maximum Gasteiger partial charge on any atom is 0.165 e. The second kappa shape index (κ2) is 4.98. The maximum absolute atomic E-state index is 9.20. The molecule has 90 valence electrons. The number of benzene rings is 1. The first-order valence-corrected chi connectivity index (χ1v) is 6.26. The van der Waals surface area contributed by atoms with Crippen LogP contribution in [-0.4, -0.2) is 19.9 Å².